The van der Waals surface area contributed by atoms with Gasteiger partial charge in [-0.3, -0.25) is 0 Å². The van der Waals surface area contributed by atoms with Crippen LogP contribution in [0.2, 0.25) is 0 Å². The molecule has 5 heteroatoms. The molecule has 1 aromatic carbocycles. The monoisotopic (exact) mass is 296 g/mol. The molecule has 2 rings (SSSR count). The zero-order valence-electron chi connectivity index (χ0n) is 12.1. The van der Waals surface area contributed by atoms with Crippen molar-refractivity contribution < 1.29 is 8.42 Å². The van der Waals surface area contributed by atoms with Gasteiger partial charge in [0.2, 0.25) is 10.0 Å². The molecule has 1 atom stereocenters. The highest BCUT2D eigenvalue weighted by Crippen LogP contribution is 2.28. The van der Waals surface area contributed by atoms with E-state index in [-0.39, 0.29) is 5.75 Å². The minimum atomic E-state index is -3.08. The second-order valence-electron chi connectivity index (χ2n) is 5.38. The highest BCUT2D eigenvalue weighted by molar-refractivity contribution is 7.89. The fourth-order valence-electron chi connectivity index (χ4n) is 2.69. The van der Waals surface area contributed by atoms with Gasteiger partial charge in [-0.1, -0.05) is 30.3 Å². The Kier molecular flexibility index (Phi) is 5.57. The third-order valence-corrected chi connectivity index (χ3v) is 5.82. The van der Waals surface area contributed by atoms with E-state index in [0.29, 0.717) is 19.0 Å². The van der Waals surface area contributed by atoms with E-state index in [0.717, 1.165) is 25.8 Å². The normalized spacial score (nSPS) is 20.4. The van der Waals surface area contributed by atoms with Gasteiger partial charge in [0.1, 0.15) is 0 Å². The lowest BCUT2D eigenvalue weighted by molar-refractivity contribution is 0.470. The molecule has 0 amide bonds. The Labute approximate surface area is 122 Å². The summed E-state index contributed by atoms with van der Waals surface area (Å²) in [6.07, 6.45) is 2.57. The van der Waals surface area contributed by atoms with Gasteiger partial charge in [-0.2, -0.15) is 0 Å². The molecule has 20 heavy (non-hydrogen) atoms. The van der Waals surface area contributed by atoms with Crippen LogP contribution < -0.4 is 5.32 Å². The van der Waals surface area contributed by atoms with E-state index < -0.39 is 10.0 Å². The molecule has 112 valence electrons. The van der Waals surface area contributed by atoms with Gasteiger partial charge < -0.3 is 5.32 Å². The van der Waals surface area contributed by atoms with Crippen molar-refractivity contribution in [3.8, 4) is 0 Å². The van der Waals surface area contributed by atoms with Crippen LogP contribution in [-0.4, -0.2) is 45.2 Å². The molecule has 1 aromatic rings. The zero-order chi connectivity index (χ0) is 14.4. The molecule has 1 fully saturated rings. The maximum absolute atomic E-state index is 12.3. The van der Waals surface area contributed by atoms with Crippen molar-refractivity contribution >= 4 is 10.0 Å². The summed E-state index contributed by atoms with van der Waals surface area (Å²) in [5, 5.41) is 3.04. The van der Waals surface area contributed by atoms with Crippen molar-refractivity contribution in [1.82, 2.24) is 9.62 Å². The Morgan fingerprint density at radius 2 is 2.00 bits per heavy atom. The predicted molar refractivity (Wildman–Crippen MR) is 82.3 cm³/mol. The van der Waals surface area contributed by atoms with Gasteiger partial charge in [-0.05, 0) is 44.3 Å². The number of hydrogen-bond donors (Lipinski definition) is 1. The summed E-state index contributed by atoms with van der Waals surface area (Å²) >= 11 is 0. The molecule has 1 unspecified atom stereocenters. The Bertz CT molecular complexity index is 502. The third-order valence-electron chi connectivity index (χ3n) is 3.89. The largest absolute Gasteiger partial charge is 0.320 e. The molecule has 1 N–H and O–H groups in total. The number of rotatable bonds is 7. The number of unbranched alkanes of at least 4 members (excludes halogenated alkanes) is 1. The summed E-state index contributed by atoms with van der Waals surface area (Å²) in [5.74, 6) is 0.624. The predicted octanol–water partition coefficient (Wildman–Crippen LogP) is 1.81. The van der Waals surface area contributed by atoms with Crippen molar-refractivity contribution in [2.24, 2.45) is 0 Å². The van der Waals surface area contributed by atoms with Crippen molar-refractivity contribution in [1.29, 1.82) is 0 Å². The average Bonchev–Trinajstić information content (AvgIpc) is 2.95. The Hall–Kier alpha value is -0.910. The van der Waals surface area contributed by atoms with E-state index in [2.05, 4.69) is 17.4 Å². The molecule has 1 aliphatic rings. The number of benzene rings is 1. The van der Waals surface area contributed by atoms with E-state index in [1.54, 1.807) is 4.31 Å². The smallest absolute Gasteiger partial charge is 0.214 e. The highest BCUT2D eigenvalue weighted by atomic mass is 32.2. The van der Waals surface area contributed by atoms with Crippen molar-refractivity contribution in [2.45, 2.75) is 25.2 Å². The standard InChI is InChI=1S/C15H24N2O2S/c1-16-10-5-6-12-20(18,19)17-11-9-15(13-17)14-7-3-2-4-8-14/h2-4,7-8,15-16H,5-6,9-13H2,1H3. The Morgan fingerprint density at radius 1 is 1.25 bits per heavy atom. The van der Waals surface area contributed by atoms with Crippen LogP contribution in [0.15, 0.2) is 30.3 Å². The fourth-order valence-corrected chi connectivity index (χ4v) is 4.31. The molecule has 0 aliphatic carbocycles. The average molecular weight is 296 g/mol. The van der Waals surface area contributed by atoms with E-state index in [4.69, 9.17) is 0 Å². The first-order valence-corrected chi connectivity index (χ1v) is 8.92. The van der Waals surface area contributed by atoms with E-state index in [1.165, 1.54) is 5.56 Å². The van der Waals surface area contributed by atoms with Crippen LogP contribution in [-0.2, 0) is 10.0 Å². The number of hydrogen-bond acceptors (Lipinski definition) is 3. The van der Waals surface area contributed by atoms with Crippen LogP contribution in [0, 0.1) is 0 Å². The summed E-state index contributed by atoms with van der Waals surface area (Å²) in [5.41, 5.74) is 1.25. The first kappa shape index (κ1) is 15.5. The third kappa shape index (κ3) is 4.04. The molecule has 4 nitrogen and oxygen atoms in total. The molecule has 0 aromatic heterocycles. The molecular formula is C15H24N2O2S. The number of sulfonamides is 1. The van der Waals surface area contributed by atoms with Crippen LogP contribution in [0.5, 0.6) is 0 Å². The van der Waals surface area contributed by atoms with E-state index in [9.17, 15) is 8.42 Å². The highest BCUT2D eigenvalue weighted by Gasteiger charge is 2.31. The van der Waals surface area contributed by atoms with Gasteiger partial charge in [0.05, 0.1) is 5.75 Å². The van der Waals surface area contributed by atoms with Gasteiger partial charge in [0, 0.05) is 13.1 Å². The van der Waals surface area contributed by atoms with Crippen molar-refractivity contribution in [3.63, 3.8) is 0 Å². The maximum atomic E-state index is 12.3. The number of nitrogens with zero attached hydrogens (tertiary/aromatic N) is 1. The minimum Gasteiger partial charge on any atom is -0.320 e. The van der Waals surface area contributed by atoms with Gasteiger partial charge >= 0.3 is 0 Å². The molecule has 0 bridgehead atoms. The lowest BCUT2D eigenvalue weighted by Crippen LogP contribution is -2.31. The summed E-state index contributed by atoms with van der Waals surface area (Å²) in [4.78, 5) is 0. The van der Waals surface area contributed by atoms with Crippen LogP contribution >= 0.6 is 0 Å². The molecule has 0 radical (unpaired) electrons. The van der Waals surface area contributed by atoms with E-state index >= 15 is 0 Å². The SMILES string of the molecule is CNCCCCS(=O)(=O)N1CCC(c2ccccc2)C1. The first-order chi connectivity index (χ1) is 9.63. The van der Waals surface area contributed by atoms with Gasteiger partial charge in [0.15, 0.2) is 0 Å². The van der Waals surface area contributed by atoms with Crippen molar-refractivity contribution in [2.75, 3.05) is 32.4 Å². The van der Waals surface area contributed by atoms with Crippen LogP contribution in [0.1, 0.15) is 30.7 Å². The lowest BCUT2D eigenvalue weighted by Gasteiger charge is -2.16. The molecule has 1 aliphatic heterocycles. The van der Waals surface area contributed by atoms with Gasteiger partial charge in [0.25, 0.3) is 0 Å². The molecule has 0 saturated carbocycles. The fraction of sp³-hybridized carbons (Fsp3) is 0.600. The Balaban J connectivity index is 1.88. The number of nitrogens with one attached hydrogen (secondary N) is 1. The summed E-state index contributed by atoms with van der Waals surface area (Å²) < 4.78 is 26.2. The minimum absolute atomic E-state index is 0.274. The first-order valence-electron chi connectivity index (χ1n) is 7.31. The summed E-state index contributed by atoms with van der Waals surface area (Å²) in [6, 6.07) is 10.2. The van der Waals surface area contributed by atoms with E-state index in [1.807, 2.05) is 25.2 Å². The van der Waals surface area contributed by atoms with Crippen LogP contribution in [0.4, 0.5) is 0 Å². The van der Waals surface area contributed by atoms with Crippen molar-refractivity contribution in [3.05, 3.63) is 35.9 Å². The summed E-state index contributed by atoms with van der Waals surface area (Å²) in [7, 11) is -1.19. The topological polar surface area (TPSA) is 49.4 Å². The lowest BCUT2D eigenvalue weighted by atomic mass is 9.99. The molecular weight excluding hydrogens is 272 g/mol. The second kappa shape index (κ2) is 7.20. The molecule has 1 heterocycles. The zero-order valence-corrected chi connectivity index (χ0v) is 12.9. The quantitative estimate of drug-likeness (QED) is 0.781. The van der Waals surface area contributed by atoms with Gasteiger partial charge in [-0.15, -0.1) is 0 Å². The molecule has 1 saturated heterocycles. The maximum Gasteiger partial charge on any atom is 0.214 e. The second-order valence-corrected chi connectivity index (χ2v) is 7.47. The van der Waals surface area contributed by atoms with Crippen LogP contribution in [0.3, 0.4) is 0 Å². The van der Waals surface area contributed by atoms with Gasteiger partial charge in [-0.25, -0.2) is 12.7 Å². The Morgan fingerprint density at radius 3 is 2.70 bits per heavy atom. The molecule has 0 spiro atoms. The van der Waals surface area contributed by atoms with Crippen LogP contribution in [0.25, 0.3) is 0 Å². The summed E-state index contributed by atoms with van der Waals surface area (Å²) in [6.45, 7) is 2.18.